The predicted molar refractivity (Wildman–Crippen MR) is 211 cm³/mol. The topological polar surface area (TPSA) is 9.86 Å². The van der Waals surface area contributed by atoms with Crippen LogP contribution in [0.3, 0.4) is 0 Å². The van der Waals surface area contributed by atoms with Gasteiger partial charge in [-0.2, -0.15) is 0 Å². The highest BCUT2D eigenvalue weighted by Gasteiger charge is 2.18. The van der Waals surface area contributed by atoms with Crippen molar-refractivity contribution in [2.75, 3.05) is 0 Å². The van der Waals surface area contributed by atoms with E-state index in [2.05, 4.69) is 118 Å². The van der Waals surface area contributed by atoms with Crippen LogP contribution in [0.15, 0.2) is 194 Å². The molecule has 2 heteroatoms. The van der Waals surface area contributed by atoms with Crippen LogP contribution < -0.4 is 0 Å². The molecule has 0 spiro atoms. The quantitative estimate of drug-likeness (QED) is 0.177. The summed E-state index contributed by atoms with van der Waals surface area (Å²) in [5, 5.41) is 3.72. The van der Waals surface area contributed by atoms with Crippen molar-refractivity contribution < 1.29 is 4.11 Å². The van der Waals surface area contributed by atoms with Gasteiger partial charge in [0.05, 0.1) is 26.2 Å². The van der Waals surface area contributed by atoms with E-state index in [0.717, 1.165) is 66.3 Å². The summed E-state index contributed by atoms with van der Waals surface area (Å²) in [5.41, 5.74) is 11.1. The van der Waals surface area contributed by atoms with Crippen molar-refractivity contribution in [2.45, 2.75) is 0 Å². The van der Waals surface area contributed by atoms with Gasteiger partial charge in [0.25, 0.3) is 0 Å². The molecule has 0 unspecified atom stereocenters. The van der Waals surface area contributed by atoms with E-state index in [9.17, 15) is 4.11 Å². The van der Waals surface area contributed by atoms with Gasteiger partial charge in [-0.15, -0.1) is 0 Å². The zero-order chi connectivity index (χ0) is 35.6. The van der Waals surface area contributed by atoms with Gasteiger partial charge in [-0.1, -0.05) is 133 Å². The number of aromatic nitrogens is 2. The normalized spacial score (nSPS) is 12.4. The SMILES string of the molecule is [2H]c1c(-c2ccc3c(c2)c2ccccc2n3-c2ccc(-c3ccccc3)cc2)c([2H])c2c3c(-c4ccccc4)cccc3n(-c3ccccc3)c2c1[2H]. The van der Waals surface area contributed by atoms with E-state index < -0.39 is 0 Å². The number of benzene rings is 8. The van der Waals surface area contributed by atoms with Gasteiger partial charge < -0.3 is 9.13 Å². The zero-order valence-electron chi connectivity index (χ0n) is 30.1. The molecule has 2 heterocycles. The van der Waals surface area contributed by atoms with Crippen LogP contribution in [0.2, 0.25) is 0 Å². The molecule has 0 saturated carbocycles. The van der Waals surface area contributed by atoms with Crippen LogP contribution in [0.5, 0.6) is 0 Å². The summed E-state index contributed by atoms with van der Waals surface area (Å²) < 4.78 is 33.3. The Balaban J connectivity index is 1.23. The number of rotatable bonds is 5. The Kier molecular flexibility index (Phi) is 5.84. The Labute approximate surface area is 294 Å². The molecular weight excluding hydrogens is 605 g/mol. The van der Waals surface area contributed by atoms with Crippen LogP contribution in [0, 0.1) is 0 Å². The van der Waals surface area contributed by atoms with E-state index in [1.807, 2.05) is 66.7 Å². The third-order valence-corrected chi connectivity index (χ3v) is 9.84. The van der Waals surface area contributed by atoms with E-state index in [-0.39, 0.29) is 18.1 Å². The Morgan fingerprint density at radius 3 is 1.70 bits per heavy atom. The summed E-state index contributed by atoms with van der Waals surface area (Å²) in [6.07, 6.45) is 0. The molecule has 50 heavy (non-hydrogen) atoms. The minimum Gasteiger partial charge on any atom is -0.309 e. The van der Waals surface area contributed by atoms with Gasteiger partial charge in [0.15, 0.2) is 0 Å². The minimum atomic E-state index is 0.0448. The molecule has 0 aliphatic rings. The van der Waals surface area contributed by atoms with Gasteiger partial charge in [0.2, 0.25) is 0 Å². The van der Waals surface area contributed by atoms with E-state index in [0.29, 0.717) is 16.5 Å². The molecule has 0 amide bonds. The van der Waals surface area contributed by atoms with Crippen molar-refractivity contribution in [3.63, 3.8) is 0 Å². The number of hydrogen-bond donors (Lipinski definition) is 0. The molecule has 0 bridgehead atoms. The largest absolute Gasteiger partial charge is 0.309 e. The lowest BCUT2D eigenvalue weighted by Crippen LogP contribution is -1.94. The summed E-state index contributed by atoms with van der Waals surface area (Å²) in [5.74, 6) is 0. The third kappa shape index (κ3) is 4.50. The van der Waals surface area contributed by atoms with Crippen molar-refractivity contribution in [3.8, 4) is 44.8 Å². The lowest BCUT2D eigenvalue weighted by Gasteiger charge is -2.10. The first kappa shape index (κ1) is 25.4. The average Bonchev–Trinajstić information content (AvgIpc) is 3.75. The van der Waals surface area contributed by atoms with Gasteiger partial charge in [0.1, 0.15) is 0 Å². The Morgan fingerprint density at radius 1 is 0.340 bits per heavy atom. The van der Waals surface area contributed by atoms with Crippen LogP contribution in [-0.4, -0.2) is 9.13 Å². The van der Waals surface area contributed by atoms with Gasteiger partial charge in [-0.25, -0.2) is 0 Å². The van der Waals surface area contributed by atoms with Crippen LogP contribution in [0.25, 0.3) is 88.4 Å². The summed E-state index contributed by atoms with van der Waals surface area (Å²) >= 11 is 0. The number of hydrogen-bond acceptors (Lipinski definition) is 0. The highest BCUT2D eigenvalue weighted by atomic mass is 15.0. The second kappa shape index (κ2) is 11.5. The van der Waals surface area contributed by atoms with Crippen LogP contribution in [-0.2, 0) is 0 Å². The zero-order valence-corrected chi connectivity index (χ0v) is 27.1. The Morgan fingerprint density at radius 2 is 0.920 bits per heavy atom. The van der Waals surface area contributed by atoms with Crippen LogP contribution in [0.1, 0.15) is 4.11 Å². The molecule has 0 radical (unpaired) electrons. The standard InChI is InChI=1S/C48H32N2/c1-4-13-33(14-5-1)34-23-27-39(28-24-34)49-44-21-11-10-19-41(44)42-31-36(25-29-45(42)49)37-26-30-46-43(32-37)48-40(35-15-6-2-7-16-35)20-12-22-47(48)50(46)38-17-8-3-9-18-38/h1-32H/i26D,30D,32D. The molecule has 0 aliphatic carbocycles. The van der Waals surface area contributed by atoms with Gasteiger partial charge in [-0.3, -0.25) is 0 Å². The Bertz CT molecular complexity index is 3000. The van der Waals surface area contributed by atoms with Gasteiger partial charge in [-0.05, 0) is 94.0 Å². The second-order valence-electron chi connectivity index (χ2n) is 12.7. The molecule has 0 N–H and O–H groups in total. The van der Waals surface area contributed by atoms with Crippen LogP contribution >= 0.6 is 0 Å². The molecular formula is C48H32N2. The molecule has 234 valence electrons. The molecule has 8 aromatic carbocycles. The summed E-state index contributed by atoms with van der Waals surface area (Å²) in [6, 6.07) is 60.5. The second-order valence-corrected chi connectivity index (χ2v) is 12.7. The number of fused-ring (bicyclic) bond motifs is 6. The molecule has 10 aromatic rings. The molecule has 0 aliphatic heterocycles. The molecule has 2 nitrogen and oxygen atoms in total. The summed E-state index contributed by atoms with van der Waals surface area (Å²) in [4.78, 5) is 0. The summed E-state index contributed by atoms with van der Waals surface area (Å²) in [6.45, 7) is 0. The van der Waals surface area contributed by atoms with E-state index in [4.69, 9.17) is 0 Å². The predicted octanol–water partition coefficient (Wildman–Crippen LogP) is 12.9. The highest BCUT2D eigenvalue weighted by Crippen LogP contribution is 2.41. The number of nitrogens with zero attached hydrogens (tertiary/aromatic N) is 2. The van der Waals surface area contributed by atoms with Crippen molar-refractivity contribution in [1.29, 1.82) is 0 Å². The minimum absolute atomic E-state index is 0.0448. The smallest absolute Gasteiger partial charge is 0.0645 e. The molecule has 0 atom stereocenters. The van der Waals surface area contributed by atoms with E-state index in [1.54, 1.807) is 0 Å². The van der Waals surface area contributed by atoms with Crippen molar-refractivity contribution in [3.05, 3.63) is 194 Å². The van der Waals surface area contributed by atoms with Gasteiger partial charge >= 0.3 is 0 Å². The molecule has 2 aromatic heterocycles. The first-order valence-corrected chi connectivity index (χ1v) is 17.0. The third-order valence-electron chi connectivity index (χ3n) is 9.84. The summed E-state index contributed by atoms with van der Waals surface area (Å²) in [7, 11) is 0. The first-order chi connectivity index (χ1) is 26.1. The maximum Gasteiger partial charge on any atom is 0.0645 e. The highest BCUT2D eigenvalue weighted by molar-refractivity contribution is 6.17. The molecule has 10 rings (SSSR count). The Hall–Kier alpha value is -6.64. The maximum absolute atomic E-state index is 9.91. The monoisotopic (exact) mass is 639 g/mol. The maximum atomic E-state index is 9.91. The van der Waals surface area contributed by atoms with E-state index >= 15 is 0 Å². The number of para-hydroxylation sites is 2. The van der Waals surface area contributed by atoms with E-state index in [1.165, 1.54) is 5.56 Å². The van der Waals surface area contributed by atoms with Crippen LogP contribution in [0.4, 0.5) is 0 Å². The lowest BCUT2D eigenvalue weighted by molar-refractivity contribution is 1.18. The fraction of sp³-hybridized carbons (Fsp3) is 0. The molecule has 0 saturated heterocycles. The average molecular weight is 640 g/mol. The van der Waals surface area contributed by atoms with Gasteiger partial charge in [0, 0.05) is 32.9 Å². The first-order valence-electron chi connectivity index (χ1n) is 18.5. The van der Waals surface area contributed by atoms with Crippen molar-refractivity contribution in [2.24, 2.45) is 0 Å². The van der Waals surface area contributed by atoms with Crippen molar-refractivity contribution >= 4 is 43.6 Å². The molecule has 0 fully saturated rings. The fourth-order valence-electron chi connectivity index (χ4n) is 7.55. The fourth-order valence-corrected chi connectivity index (χ4v) is 7.55. The lowest BCUT2D eigenvalue weighted by atomic mass is 9.97. The van der Waals surface area contributed by atoms with Crippen molar-refractivity contribution in [1.82, 2.24) is 9.13 Å².